The third-order valence-corrected chi connectivity index (χ3v) is 3.26. The van der Waals surface area contributed by atoms with Crippen LogP contribution in [-0.2, 0) is 11.3 Å². The summed E-state index contributed by atoms with van der Waals surface area (Å²) < 4.78 is 32.1. The van der Waals surface area contributed by atoms with Crippen molar-refractivity contribution in [2.45, 2.75) is 6.61 Å². The number of thiocarbonyl (C=S) groups is 1. The summed E-state index contributed by atoms with van der Waals surface area (Å²) in [4.78, 5) is 0. The molecular weight excluding hydrogens is 254 g/mol. The van der Waals surface area contributed by atoms with Gasteiger partial charge in [0.1, 0.15) is 18.2 Å². The lowest BCUT2D eigenvalue weighted by atomic mass is 9.96. The van der Waals surface area contributed by atoms with Crippen molar-refractivity contribution in [3.8, 4) is 11.1 Å². The van der Waals surface area contributed by atoms with E-state index in [-0.39, 0.29) is 18.2 Å². The third-order valence-electron chi connectivity index (χ3n) is 2.92. The quantitative estimate of drug-likeness (QED) is 0.667. The molecule has 0 bridgehead atoms. The highest BCUT2D eigenvalue weighted by atomic mass is 32.1. The van der Waals surface area contributed by atoms with Crippen molar-refractivity contribution in [3.05, 3.63) is 59.2 Å². The number of hydrogen-bond acceptors (Lipinski definition) is 2. The highest BCUT2D eigenvalue weighted by Crippen LogP contribution is 2.32. The Morgan fingerprint density at radius 1 is 0.889 bits per heavy atom. The van der Waals surface area contributed by atoms with Gasteiger partial charge in [-0.1, -0.05) is 6.07 Å². The first-order chi connectivity index (χ1) is 8.65. The summed E-state index contributed by atoms with van der Waals surface area (Å²) in [5.74, 6) is -0.745. The maximum atomic E-state index is 13.4. The van der Waals surface area contributed by atoms with E-state index < -0.39 is 0 Å². The van der Waals surface area contributed by atoms with E-state index in [1.165, 1.54) is 24.3 Å². The fourth-order valence-corrected chi connectivity index (χ4v) is 2.30. The summed E-state index contributed by atoms with van der Waals surface area (Å²) in [6, 6.07) is 8.61. The molecule has 18 heavy (non-hydrogen) atoms. The molecule has 2 aromatic rings. The van der Waals surface area contributed by atoms with Gasteiger partial charge in [-0.2, -0.15) is 0 Å². The van der Waals surface area contributed by atoms with Crippen molar-refractivity contribution >= 4 is 17.3 Å². The molecule has 0 radical (unpaired) electrons. The lowest BCUT2D eigenvalue weighted by Crippen LogP contribution is -2.01. The lowest BCUT2D eigenvalue weighted by Gasteiger charge is -2.07. The fourth-order valence-electron chi connectivity index (χ4n) is 2.06. The molecular formula is C14H8F2OS. The van der Waals surface area contributed by atoms with Crippen molar-refractivity contribution in [2.24, 2.45) is 0 Å². The fraction of sp³-hybridized carbons (Fsp3) is 0.0714. The monoisotopic (exact) mass is 262 g/mol. The Kier molecular flexibility index (Phi) is 2.59. The summed E-state index contributed by atoms with van der Waals surface area (Å²) in [5.41, 5.74) is 2.62. The van der Waals surface area contributed by atoms with E-state index in [1.807, 2.05) is 0 Å². The Hall–Kier alpha value is -1.81. The smallest absolute Gasteiger partial charge is 0.192 e. The van der Waals surface area contributed by atoms with Gasteiger partial charge in [-0.3, -0.25) is 0 Å². The number of benzene rings is 2. The van der Waals surface area contributed by atoms with Gasteiger partial charge in [0.05, 0.1) is 0 Å². The number of hydrogen-bond donors (Lipinski definition) is 0. The first-order valence-corrected chi connectivity index (χ1v) is 5.81. The minimum atomic E-state index is -0.381. The van der Waals surface area contributed by atoms with Crippen LogP contribution < -0.4 is 0 Å². The van der Waals surface area contributed by atoms with Crippen LogP contribution in [0.2, 0.25) is 0 Å². The van der Waals surface area contributed by atoms with Gasteiger partial charge in [0.15, 0.2) is 5.05 Å². The molecule has 90 valence electrons. The van der Waals surface area contributed by atoms with Gasteiger partial charge < -0.3 is 4.74 Å². The Labute approximate surface area is 108 Å². The molecule has 1 nitrogen and oxygen atoms in total. The van der Waals surface area contributed by atoms with E-state index in [4.69, 9.17) is 17.0 Å². The minimum absolute atomic E-state index is 0.269. The SMILES string of the molecule is Fc1ccc2c(c1)-c1cc(F)ccc1C(=S)OC2. The van der Waals surface area contributed by atoms with Crippen molar-refractivity contribution in [3.63, 3.8) is 0 Å². The number of ether oxygens (including phenoxy) is 1. The van der Waals surface area contributed by atoms with E-state index >= 15 is 0 Å². The summed E-state index contributed by atoms with van der Waals surface area (Å²) in [5, 5.41) is 0.307. The molecule has 0 aliphatic carbocycles. The predicted molar refractivity (Wildman–Crippen MR) is 68.3 cm³/mol. The molecule has 1 aliphatic heterocycles. The highest BCUT2D eigenvalue weighted by molar-refractivity contribution is 7.80. The molecule has 0 spiro atoms. The molecule has 1 heterocycles. The van der Waals surface area contributed by atoms with Crippen LogP contribution in [0.3, 0.4) is 0 Å². The largest absolute Gasteiger partial charge is 0.478 e. The Bertz CT molecular complexity index is 652. The van der Waals surface area contributed by atoms with Gasteiger partial charge in [-0.05, 0) is 59.2 Å². The van der Waals surface area contributed by atoms with Crippen molar-refractivity contribution in [2.75, 3.05) is 0 Å². The molecule has 0 unspecified atom stereocenters. The highest BCUT2D eigenvalue weighted by Gasteiger charge is 2.19. The zero-order valence-electron chi connectivity index (χ0n) is 9.24. The van der Waals surface area contributed by atoms with Crippen LogP contribution in [0.1, 0.15) is 11.1 Å². The third kappa shape index (κ3) is 1.78. The molecule has 0 saturated carbocycles. The zero-order valence-corrected chi connectivity index (χ0v) is 10.1. The molecule has 0 amide bonds. The molecule has 0 saturated heterocycles. The van der Waals surface area contributed by atoms with Gasteiger partial charge in [-0.25, -0.2) is 8.78 Å². The van der Waals surface area contributed by atoms with Crippen LogP contribution in [0, 0.1) is 11.6 Å². The van der Waals surface area contributed by atoms with Crippen molar-refractivity contribution in [1.29, 1.82) is 0 Å². The topological polar surface area (TPSA) is 9.23 Å². The van der Waals surface area contributed by atoms with E-state index in [9.17, 15) is 8.78 Å². The maximum absolute atomic E-state index is 13.4. The Morgan fingerprint density at radius 2 is 1.56 bits per heavy atom. The average molecular weight is 262 g/mol. The molecule has 0 fully saturated rings. The maximum Gasteiger partial charge on any atom is 0.192 e. The van der Waals surface area contributed by atoms with E-state index in [0.29, 0.717) is 21.7 Å². The normalized spacial score (nSPS) is 13.3. The van der Waals surface area contributed by atoms with Gasteiger partial charge >= 0.3 is 0 Å². The predicted octanol–water partition coefficient (Wildman–Crippen LogP) is 3.84. The standard InChI is InChI=1S/C14H8F2OS/c15-9-2-1-8-7-17-14(18)11-4-3-10(16)6-13(11)12(8)5-9/h1-6H,7H2. The molecule has 0 aromatic heterocycles. The summed E-state index contributed by atoms with van der Waals surface area (Å²) >= 11 is 5.13. The van der Waals surface area contributed by atoms with Crippen LogP contribution in [0.5, 0.6) is 0 Å². The second-order valence-corrected chi connectivity index (χ2v) is 4.44. The van der Waals surface area contributed by atoms with E-state index in [0.717, 1.165) is 5.56 Å². The van der Waals surface area contributed by atoms with Crippen LogP contribution >= 0.6 is 12.2 Å². The molecule has 3 rings (SSSR count). The summed E-state index contributed by atoms with van der Waals surface area (Å²) in [6.45, 7) is 0.269. The van der Waals surface area contributed by atoms with Gasteiger partial charge in [0.25, 0.3) is 0 Å². The molecule has 0 N–H and O–H groups in total. The van der Waals surface area contributed by atoms with Crippen LogP contribution in [0.4, 0.5) is 8.78 Å². The Morgan fingerprint density at radius 3 is 2.33 bits per heavy atom. The van der Waals surface area contributed by atoms with Gasteiger partial charge in [0.2, 0.25) is 0 Å². The first kappa shape index (κ1) is 11.3. The first-order valence-electron chi connectivity index (χ1n) is 5.40. The van der Waals surface area contributed by atoms with Gasteiger partial charge in [0, 0.05) is 5.56 Å². The van der Waals surface area contributed by atoms with Crippen molar-refractivity contribution < 1.29 is 13.5 Å². The average Bonchev–Trinajstić information content (AvgIpc) is 2.48. The second-order valence-electron chi connectivity index (χ2n) is 4.07. The van der Waals surface area contributed by atoms with Crippen molar-refractivity contribution in [1.82, 2.24) is 0 Å². The summed E-state index contributed by atoms with van der Waals surface area (Å²) in [6.07, 6.45) is 0. The minimum Gasteiger partial charge on any atom is -0.478 e. The summed E-state index contributed by atoms with van der Waals surface area (Å²) in [7, 11) is 0. The molecule has 4 heteroatoms. The van der Waals surface area contributed by atoms with Crippen LogP contribution in [0.15, 0.2) is 36.4 Å². The Balaban J connectivity index is 2.34. The number of fused-ring (bicyclic) bond motifs is 3. The van der Waals surface area contributed by atoms with Gasteiger partial charge in [-0.15, -0.1) is 0 Å². The molecule has 1 aliphatic rings. The molecule has 0 atom stereocenters. The molecule has 2 aromatic carbocycles. The lowest BCUT2D eigenvalue weighted by molar-refractivity contribution is 0.304. The zero-order chi connectivity index (χ0) is 12.7. The number of rotatable bonds is 0. The van der Waals surface area contributed by atoms with E-state index in [2.05, 4.69) is 0 Å². The number of halogens is 2. The van der Waals surface area contributed by atoms with Crippen LogP contribution in [0.25, 0.3) is 11.1 Å². The second kappa shape index (κ2) is 4.14. The van der Waals surface area contributed by atoms with Crippen LogP contribution in [-0.4, -0.2) is 5.05 Å². The van der Waals surface area contributed by atoms with E-state index in [1.54, 1.807) is 12.1 Å².